The van der Waals surface area contributed by atoms with Gasteiger partial charge in [-0.25, -0.2) is 0 Å². The smallest absolute Gasteiger partial charge is 0.252 e. The zero-order valence-corrected chi connectivity index (χ0v) is 15.5. The third-order valence-corrected chi connectivity index (χ3v) is 5.47. The molecule has 2 aliphatic rings. The van der Waals surface area contributed by atoms with E-state index in [9.17, 15) is 9.59 Å². The molecule has 5 nitrogen and oxygen atoms in total. The number of methoxy groups -OCH3 is 1. The molecule has 1 saturated heterocycles. The van der Waals surface area contributed by atoms with Gasteiger partial charge in [0.25, 0.3) is 5.91 Å². The molecule has 27 heavy (non-hydrogen) atoms. The molecule has 1 fully saturated rings. The molecule has 2 amide bonds. The number of amides is 2. The third-order valence-electron chi connectivity index (χ3n) is 5.47. The first-order chi connectivity index (χ1) is 13.1. The molecule has 2 aromatic rings. The molecule has 0 radical (unpaired) electrons. The fourth-order valence-corrected chi connectivity index (χ4v) is 3.93. The summed E-state index contributed by atoms with van der Waals surface area (Å²) in [6, 6.07) is 13.5. The van der Waals surface area contributed by atoms with Crippen molar-refractivity contribution in [2.45, 2.75) is 38.1 Å². The molecule has 140 valence electrons. The molecule has 4 rings (SSSR count). The van der Waals surface area contributed by atoms with E-state index in [0.717, 1.165) is 29.8 Å². The maximum absolute atomic E-state index is 12.7. The molecule has 5 heteroatoms. The number of carbonyl (C=O) groups is 2. The maximum atomic E-state index is 12.7. The Labute approximate surface area is 159 Å². The van der Waals surface area contributed by atoms with Crippen LogP contribution in [0.1, 0.15) is 29.5 Å². The van der Waals surface area contributed by atoms with Crippen molar-refractivity contribution in [3.05, 3.63) is 59.2 Å². The van der Waals surface area contributed by atoms with E-state index in [1.165, 1.54) is 22.4 Å². The SMILES string of the molecule is COc1ccc(CCN2C(=O)CC(Nc3ccc4c(c3)CCC4)C2=O)cc1. The summed E-state index contributed by atoms with van der Waals surface area (Å²) in [5.74, 6) is 0.562. The van der Waals surface area contributed by atoms with Gasteiger partial charge in [0, 0.05) is 12.2 Å². The standard InChI is InChI=1S/C22H24N2O3/c1-27-19-9-5-15(6-10-19)11-12-24-21(25)14-20(22(24)26)23-18-8-7-16-3-2-4-17(16)13-18/h5-10,13,20,23H,2-4,11-12,14H2,1H3. The maximum Gasteiger partial charge on any atom is 0.252 e. The van der Waals surface area contributed by atoms with Crippen LogP contribution in [0.5, 0.6) is 5.75 Å². The molecule has 1 heterocycles. The van der Waals surface area contributed by atoms with Crippen molar-refractivity contribution in [2.75, 3.05) is 19.0 Å². The van der Waals surface area contributed by atoms with Crippen molar-refractivity contribution < 1.29 is 14.3 Å². The van der Waals surface area contributed by atoms with E-state index >= 15 is 0 Å². The second-order valence-electron chi connectivity index (χ2n) is 7.22. The van der Waals surface area contributed by atoms with Crippen LogP contribution < -0.4 is 10.1 Å². The normalized spacial score (nSPS) is 18.7. The summed E-state index contributed by atoms with van der Waals surface area (Å²) in [7, 11) is 1.63. The topological polar surface area (TPSA) is 58.6 Å². The largest absolute Gasteiger partial charge is 0.497 e. The molecule has 0 spiro atoms. The Morgan fingerprint density at radius 3 is 2.63 bits per heavy atom. The number of imide groups is 1. The Morgan fingerprint density at radius 1 is 1.07 bits per heavy atom. The number of likely N-dealkylation sites (tertiary alicyclic amines) is 1. The van der Waals surface area contributed by atoms with Crippen molar-refractivity contribution in [3.63, 3.8) is 0 Å². The number of rotatable bonds is 6. The van der Waals surface area contributed by atoms with Crippen molar-refractivity contribution in [2.24, 2.45) is 0 Å². The van der Waals surface area contributed by atoms with Gasteiger partial charge in [-0.2, -0.15) is 0 Å². The zero-order chi connectivity index (χ0) is 18.8. The highest BCUT2D eigenvalue weighted by Crippen LogP contribution is 2.26. The number of benzene rings is 2. The summed E-state index contributed by atoms with van der Waals surface area (Å²) >= 11 is 0. The first-order valence-electron chi connectivity index (χ1n) is 9.49. The first-order valence-corrected chi connectivity index (χ1v) is 9.49. The lowest BCUT2D eigenvalue weighted by Gasteiger charge is -2.16. The van der Waals surface area contributed by atoms with Crippen molar-refractivity contribution in [1.29, 1.82) is 0 Å². The Kier molecular flexibility index (Phi) is 4.84. The number of ether oxygens (including phenoxy) is 1. The molecule has 0 saturated carbocycles. The summed E-state index contributed by atoms with van der Waals surface area (Å²) < 4.78 is 5.15. The van der Waals surface area contributed by atoms with Gasteiger partial charge in [-0.15, -0.1) is 0 Å². The number of carbonyl (C=O) groups excluding carboxylic acids is 2. The number of fused-ring (bicyclic) bond motifs is 1. The van der Waals surface area contributed by atoms with E-state index < -0.39 is 6.04 Å². The van der Waals surface area contributed by atoms with Crippen molar-refractivity contribution in [3.8, 4) is 5.75 Å². The average molecular weight is 364 g/mol. The number of nitrogens with zero attached hydrogens (tertiary/aromatic N) is 1. The molecule has 1 aliphatic carbocycles. The van der Waals surface area contributed by atoms with E-state index in [-0.39, 0.29) is 18.2 Å². The van der Waals surface area contributed by atoms with Crippen LogP contribution in [0.2, 0.25) is 0 Å². The molecule has 1 aliphatic heterocycles. The van der Waals surface area contributed by atoms with E-state index in [4.69, 9.17) is 4.74 Å². The summed E-state index contributed by atoms with van der Waals surface area (Å²) in [4.78, 5) is 26.4. The van der Waals surface area contributed by atoms with E-state index in [1.54, 1.807) is 7.11 Å². The van der Waals surface area contributed by atoms with Crippen molar-refractivity contribution >= 4 is 17.5 Å². The van der Waals surface area contributed by atoms with Gasteiger partial charge >= 0.3 is 0 Å². The number of hydrogen-bond donors (Lipinski definition) is 1. The fourth-order valence-electron chi connectivity index (χ4n) is 3.93. The highest BCUT2D eigenvalue weighted by molar-refractivity contribution is 6.06. The highest BCUT2D eigenvalue weighted by Gasteiger charge is 2.38. The van der Waals surface area contributed by atoms with Gasteiger partial charge in [0.1, 0.15) is 11.8 Å². The fraction of sp³-hybridized carbons (Fsp3) is 0.364. The lowest BCUT2D eigenvalue weighted by atomic mass is 10.1. The molecular formula is C22H24N2O3. The first kappa shape index (κ1) is 17.6. The molecule has 1 N–H and O–H groups in total. The Morgan fingerprint density at radius 2 is 1.85 bits per heavy atom. The monoisotopic (exact) mass is 364 g/mol. The average Bonchev–Trinajstić information content (AvgIpc) is 3.25. The Bertz CT molecular complexity index is 860. The van der Waals surface area contributed by atoms with Crippen LogP contribution in [0.3, 0.4) is 0 Å². The minimum Gasteiger partial charge on any atom is -0.497 e. The third kappa shape index (κ3) is 3.68. The molecule has 1 unspecified atom stereocenters. The van der Waals surface area contributed by atoms with E-state index in [2.05, 4.69) is 17.4 Å². The highest BCUT2D eigenvalue weighted by atomic mass is 16.5. The van der Waals surface area contributed by atoms with Gasteiger partial charge in [-0.1, -0.05) is 18.2 Å². The van der Waals surface area contributed by atoms with Crippen LogP contribution in [0.25, 0.3) is 0 Å². The van der Waals surface area contributed by atoms with E-state index in [1.807, 2.05) is 30.3 Å². The predicted octanol–water partition coefficient (Wildman–Crippen LogP) is 2.97. The van der Waals surface area contributed by atoms with Crippen LogP contribution in [-0.4, -0.2) is 36.4 Å². The van der Waals surface area contributed by atoms with Gasteiger partial charge < -0.3 is 10.1 Å². The Hall–Kier alpha value is -2.82. The Balaban J connectivity index is 1.38. The van der Waals surface area contributed by atoms with Crippen LogP contribution in [0, 0.1) is 0 Å². The number of anilines is 1. The number of aryl methyl sites for hydroxylation is 2. The van der Waals surface area contributed by atoms with Gasteiger partial charge in [-0.05, 0) is 66.6 Å². The lowest BCUT2D eigenvalue weighted by Crippen LogP contribution is -2.36. The van der Waals surface area contributed by atoms with Crippen molar-refractivity contribution in [1.82, 2.24) is 4.90 Å². The van der Waals surface area contributed by atoms with Crippen LogP contribution in [-0.2, 0) is 28.9 Å². The molecule has 1 atom stereocenters. The molecule has 0 aromatic heterocycles. The minimum absolute atomic E-state index is 0.104. The van der Waals surface area contributed by atoms with Crippen LogP contribution >= 0.6 is 0 Å². The summed E-state index contributed by atoms with van der Waals surface area (Å²) in [6.45, 7) is 0.409. The summed E-state index contributed by atoms with van der Waals surface area (Å²) in [5.41, 5.74) is 4.76. The summed E-state index contributed by atoms with van der Waals surface area (Å²) in [6.07, 6.45) is 4.29. The quantitative estimate of drug-likeness (QED) is 0.801. The summed E-state index contributed by atoms with van der Waals surface area (Å²) in [5, 5.41) is 3.27. The second-order valence-corrected chi connectivity index (χ2v) is 7.22. The molecule has 0 bridgehead atoms. The molecule has 2 aromatic carbocycles. The second kappa shape index (κ2) is 7.43. The van der Waals surface area contributed by atoms with Gasteiger partial charge in [0.2, 0.25) is 5.91 Å². The van der Waals surface area contributed by atoms with Gasteiger partial charge in [0.05, 0.1) is 13.5 Å². The van der Waals surface area contributed by atoms with Crippen LogP contribution in [0.15, 0.2) is 42.5 Å². The predicted molar refractivity (Wildman–Crippen MR) is 104 cm³/mol. The van der Waals surface area contributed by atoms with Crippen LogP contribution in [0.4, 0.5) is 5.69 Å². The minimum atomic E-state index is -0.465. The van der Waals surface area contributed by atoms with E-state index in [0.29, 0.717) is 13.0 Å². The van der Waals surface area contributed by atoms with Gasteiger partial charge in [-0.3, -0.25) is 14.5 Å². The number of nitrogens with one attached hydrogen (secondary N) is 1. The lowest BCUT2D eigenvalue weighted by molar-refractivity contribution is -0.138. The number of hydrogen-bond acceptors (Lipinski definition) is 4. The molecular weight excluding hydrogens is 340 g/mol. The van der Waals surface area contributed by atoms with Gasteiger partial charge in [0.15, 0.2) is 0 Å². The zero-order valence-electron chi connectivity index (χ0n) is 15.5.